The Bertz CT molecular complexity index is 1830. The van der Waals surface area contributed by atoms with Crippen molar-refractivity contribution >= 4 is 32.7 Å². The third-order valence-corrected chi connectivity index (χ3v) is 7.13. The standard InChI is InChI=1S/C35H24O.C2H6/c1-2-9-29-26(7-1)8-5-11-30(29)27-19-15-24(16-20-27)23-25-17-21-28(22-18-25)31-12-6-13-33-32-10-3-4-14-34(32)36-35(31)33;1-2/h1-22H,23H2;1-2H3. The van der Waals surface area contributed by atoms with Crippen LogP contribution in [0.1, 0.15) is 25.0 Å². The summed E-state index contributed by atoms with van der Waals surface area (Å²) >= 11 is 0. The van der Waals surface area contributed by atoms with Crippen molar-refractivity contribution in [2.24, 2.45) is 0 Å². The fraction of sp³-hybridized carbons (Fsp3) is 0.0811. The molecule has 0 amide bonds. The summed E-state index contributed by atoms with van der Waals surface area (Å²) in [7, 11) is 0. The first kappa shape index (κ1) is 23.8. The van der Waals surface area contributed by atoms with Gasteiger partial charge < -0.3 is 4.42 Å². The molecule has 0 saturated heterocycles. The van der Waals surface area contributed by atoms with E-state index in [9.17, 15) is 0 Å². The van der Waals surface area contributed by atoms with Gasteiger partial charge in [-0.05, 0) is 51.1 Å². The van der Waals surface area contributed by atoms with Crippen LogP contribution in [0.15, 0.2) is 138 Å². The molecule has 0 saturated carbocycles. The zero-order valence-corrected chi connectivity index (χ0v) is 21.8. The molecule has 184 valence electrons. The van der Waals surface area contributed by atoms with E-state index in [4.69, 9.17) is 4.42 Å². The fourth-order valence-corrected chi connectivity index (χ4v) is 5.29. The van der Waals surface area contributed by atoms with Crippen LogP contribution in [0.2, 0.25) is 0 Å². The number of fused-ring (bicyclic) bond motifs is 4. The highest BCUT2D eigenvalue weighted by Crippen LogP contribution is 2.36. The largest absolute Gasteiger partial charge is 0.455 e. The van der Waals surface area contributed by atoms with Crippen LogP contribution >= 0.6 is 0 Å². The van der Waals surface area contributed by atoms with Crippen molar-refractivity contribution in [1.29, 1.82) is 0 Å². The van der Waals surface area contributed by atoms with Gasteiger partial charge in [0.1, 0.15) is 11.2 Å². The van der Waals surface area contributed by atoms with E-state index in [0.29, 0.717) is 0 Å². The van der Waals surface area contributed by atoms with E-state index in [-0.39, 0.29) is 0 Å². The zero-order valence-electron chi connectivity index (χ0n) is 21.8. The summed E-state index contributed by atoms with van der Waals surface area (Å²) in [5.74, 6) is 0. The Hall–Kier alpha value is -4.62. The van der Waals surface area contributed by atoms with E-state index in [0.717, 1.165) is 28.5 Å². The summed E-state index contributed by atoms with van der Waals surface area (Å²) in [5, 5.41) is 4.90. The second-order valence-corrected chi connectivity index (χ2v) is 9.38. The van der Waals surface area contributed by atoms with Crippen molar-refractivity contribution < 1.29 is 4.42 Å². The number of furan rings is 1. The molecule has 0 bridgehead atoms. The Labute approximate surface area is 224 Å². The van der Waals surface area contributed by atoms with Gasteiger partial charge in [0.2, 0.25) is 0 Å². The normalized spacial score (nSPS) is 11.0. The number of para-hydroxylation sites is 2. The summed E-state index contributed by atoms with van der Waals surface area (Å²) in [4.78, 5) is 0. The number of benzene rings is 6. The van der Waals surface area contributed by atoms with Gasteiger partial charge in [-0.25, -0.2) is 0 Å². The van der Waals surface area contributed by atoms with Crippen molar-refractivity contribution in [3.05, 3.63) is 145 Å². The molecule has 7 rings (SSSR count). The molecule has 0 N–H and O–H groups in total. The number of rotatable bonds is 4. The molecule has 1 heteroatoms. The van der Waals surface area contributed by atoms with Gasteiger partial charge in [0.05, 0.1) is 0 Å². The molecule has 0 atom stereocenters. The summed E-state index contributed by atoms with van der Waals surface area (Å²) in [5.41, 5.74) is 9.34. The highest BCUT2D eigenvalue weighted by atomic mass is 16.3. The van der Waals surface area contributed by atoms with Crippen LogP contribution < -0.4 is 0 Å². The van der Waals surface area contributed by atoms with E-state index < -0.39 is 0 Å². The molecular weight excluding hydrogens is 460 g/mol. The predicted octanol–water partition coefficient (Wildman–Crippen LogP) is 10.7. The molecule has 0 aliphatic heterocycles. The van der Waals surface area contributed by atoms with Crippen molar-refractivity contribution in [3.63, 3.8) is 0 Å². The summed E-state index contributed by atoms with van der Waals surface area (Å²) < 4.78 is 6.24. The molecule has 0 fully saturated rings. The second-order valence-electron chi connectivity index (χ2n) is 9.38. The van der Waals surface area contributed by atoms with E-state index in [1.807, 2.05) is 26.0 Å². The molecule has 0 aliphatic carbocycles. The third kappa shape index (κ3) is 4.37. The lowest BCUT2D eigenvalue weighted by Crippen LogP contribution is -1.89. The van der Waals surface area contributed by atoms with E-state index in [1.54, 1.807) is 0 Å². The van der Waals surface area contributed by atoms with Crippen molar-refractivity contribution in [3.8, 4) is 22.3 Å². The maximum atomic E-state index is 6.24. The second kappa shape index (κ2) is 10.4. The van der Waals surface area contributed by atoms with Gasteiger partial charge >= 0.3 is 0 Å². The molecule has 0 unspecified atom stereocenters. The molecule has 1 heterocycles. The van der Waals surface area contributed by atoms with Crippen LogP contribution in [0.3, 0.4) is 0 Å². The van der Waals surface area contributed by atoms with Crippen LogP contribution in [0.25, 0.3) is 55.0 Å². The third-order valence-electron chi connectivity index (χ3n) is 7.13. The molecular formula is C37H30O. The van der Waals surface area contributed by atoms with Crippen molar-refractivity contribution in [1.82, 2.24) is 0 Å². The molecule has 7 aromatic rings. The van der Waals surface area contributed by atoms with Crippen LogP contribution in [0.5, 0.6) is 0 Å². The molecule has 6 aromatic carbocycles. The number of hydrogen-bond acceptors (Lipinski definition) is 1. The Morgan fingerprint density at radius 1 is 0.447 bits per heavy atom. The molecule has 0 spiro atoms. The average Bonchev–Trinajstić information content (AvgIpc) is 3.38. The van der Waals surface area contributed by atoms with E-state index in [1.165, 1.54) is 44.0 Å². The average molecular weight is 491 g/mol. The summed E-state index contributed by atoms with van der Waals surface area (Å²) in [6.45, 7) is 4.00. The van der Waals surface area contributed by atoms with Crippen molar-refractivity contribution in [2.45, 2.75) is 20.3 Å². The van der Waals surface area contributed by atoms with Gasteiger partial charge in [0.15, 0.2) is 0 Å². The Kier molecular flexibility index (Phi) is 6.50. The topological polar surface area (TPSA) is 13.1 Å². The van der Waals surface area contributed by atoms with Gasteiger partial charge in [0.25, 0.3) is 0 Å². The maximum absolute atomic E-state index is 6.24. The highest BCUT2D eigenvalue weighted by Gasteiger charge is 2.12. The fourth-order valence-electron chi connectivity index (χ4n) is 5.29. The summed E-state index contributed by atoms with van der Waals surface area (Å²) in [6.07, 6.45) is 0.908. The van der Waals surface area contributed by atoms with E-state index >= 15 is 0 Å². The number of hydrogen-bond donors (Lipinski definition) is 0. The van der Waals surface area contributed by atoms with Crippen LogP contribution in [-0.4, -0.2) is 0 Å². The smallest absolute Gasteiger partial charge is 0.143 e. The lowest BCUT2D eigenvalue weighted by Gasteiger charge is -2.09. The van der Waals surface area contributed by atoms with Gasteiger partial charge in [0, 0.05) is 16.3 Å². The van der Waals surface area contributed by atoms with Gasteiger partial charge in [-0.1, -0.05) is 141 Å². The van der Waals surface area contributed by atoms with Gasteiger partial charge in [-0.3, -0.25) is 0 Å². The van der Waals surface area contributed by atoms with Crippen LogP contribution in [0.4, 0.5) is 0 Å². The predicted molar refractivity (Wildman–Crippen MR) is 163 cm³/mol. The Morgan fingerprint density at radius 3 is 1.71 bits per heavy atom. The lowest BCUT2D eigenvalue weighted by molar-refractivity contribution is 0.670. The minimum Gasteiger partial charge on any atom is -0.455 e. The first-order chi connectivity index (χ1) is 18.8. The SMILES string of the molecule is CC.c1ccc2c(-c3ccc(Cc4ccc(-c5cccc6c5oc5ccccc56)cc4)cc3)cccc2c1. The molecule has 1 aromatic heterocycles. The monoisotopic (exact) mass is 490 g/mol. The molecule has 0 aliphatic rings. The highest BCUT2D eigenvalue weighted by molar-refractivity contribution is 6.09. The lowest BCUT2D eigenvalue weighted by atomic mass is 9.95. The quantitative estimate of drug-likeness (QED) is 0.239. The molecule has 1 nitrogen and oxygen atoms in total. The molecule has 0 radical (unpaired) electrons. The van der Waals surface area contributed by atoms with Crippen molar-refractivity contribution in [2.75, 3.05) is 0 Å². The minimum absolute atomic E-state index is 0.908. The molecule has 38 heavy (non-hydrogen) atoms. The van der Waals surface area contributed by atoms with Crippen LogP contribution in [0, 0.1) is 0 Å². The minimum atomic E-state index is 0.908. The summed E-state index contributed by atoms with van der Waals surface area (Å²) in [6, 6.07) is 47.6. The maximum Gasteiger partial charge on any atom is 0.143 e. The zero-order chi connectivity index (χ0) is 25.9. The Morgan fingerprint density at radius 2 is 0.974 bits per heavy atom. The van der Waals surface area contributed by atoms with Crippen LogP contribution in [-0.2, 0) is 6.42 Å². The first-order valence-electron chi connectivity index (χ1n) is 13.4. The Balaban J connectivity index is 0.00000129. The first-order valence-corrected chi connectivity index (χ1v) is 13.4. The van der Waals surface area contributed by atoms with Gasteiger partial charge in [-0.2, -0.15) is 0 Å². The van der Waals surface area contributed by atoms with Gasteiger partial charge in [-0.15, -0.1) is 0 Å². The van der Waals surface area contributed by atoms with E-state index in [2.05, 4.69) is 121 Å².